The highest BCUT2D eigenvalue weighted by Crippen LogP contribution is 2.31. The van der Waals surface area contributed by atoms with E-state index in [1.54, 1.807) is 5.38 Å². The van der Waals surface area contributed by atoms with Crippen LogP contribution in [0.3, 0.4) is 0 Å². The Labute approximate surface area is 110 Å². The molecule has 0 aliphatic carbocycles. The smallest absolute Gasteiger partial charge is 0.369 e. The molecule has 0 saturated carbocycles. The van der Waals surface area contributed by atoms with Gasteiger partial charge in [0.1, 0.15) is 5.01 Å². The molecule has 1 amide bonds. The van der Waals surface area contributed by atoms with Crippen molar-refractivity contribution >= 4 is 17.2 Å². The van der Waals surface area contributed by atoms with Crippen molar-refractivity contribution in [2.45, 2.75) is 12.6 Å². The average molecular weight is 286 g/mol. The van der Waals surface area contributed by atoms with Crippen molar-refractivity contribution in [1.82, 2.24) is 4.98 Å². The second kappa shape index (κ2) is 5.00. The predicted octanol–water partition coefficient (Wildman–Crippen LogP) is 2.86. The molecule has 1 aromatic heterocycles. The number of amides is 1. The second-order valence-corrected chi connectivity index (χ2v) is 4.79. The molecule has 100 valence electrons. The Bertz CT molecular complexity index is 590. The highest BCUT2D eigenvalue weighted by Gasteiger charge is 2.30. The van der Waals surface area contributed by atoms with Gasteiger partial charge in [0, 0.05) is 10.9 Å². The molecule has 3 nitrogen and oxygen atoms in total. The third kappa shape index (κ3) is 3.31. The van der Waals surface area contributed by atoms with Gasteiger partial charge in [-0.15, -0.1) is 11.3 Å². The normalized spacial score (nSPS) is 11.5. The summed E-state index contributed by atoms with van der Waals surface area (Å²) in [6.07, 6.45) is -4.32. The Hall–Kier alpha value is -1.89. The first kappa shape index (κ1) is 13.5. The van der Waals surface area contributed by atoms with E-state index in [2.05, 4.69) is 4.98 Å². The lowest BCUT2D eigenvalue weighted by Gasteiger charge is -2.06. The van der Waals surface area contributed by atoms with Crippen molar-refractivity contribution in [2.75, 3.05) is 0 Å². The largest absolute Gasteiger partial charge is 0.416 e. The van der Waals surface area contributed by atoms with Crippen LogP contribution in [0.5, 0.6) is 0 Å². The van der Waals surface area contributed by atoms with Crippen LogP contribution in [0.2, 0.25) is 0 Å². The molecule has 0 atom stereocenters. The second-order valence-electron chi connectivity index (χ2n) is 3.84. The maximum atomic E-state index is 12.4. The van der Waals surface area contributed by atoms with Crippen molar-refractivity contribution in [1.29, 1.82) is 0 Å². The number of aromatic nitrogens is 1. The molecule has 2 rings (SSSR count). The molecular formula is C12H9F3N2OS. The molecule has 0 radical (unpaired) electrons. The summed E-state index contributed by atoms with van der Waals surface area (Å²) in [5.74, 6) is -0.492. The first-order valence-electron chi connectivity index (χ1n) is 5.26. The molecule has 0 aliphatic rings. The lowest BCUT2D eigenvalue weighted by molar-refractivity contribution is -0.137. The summed E-state index contributed by atoms with van der Waals surface area (Å²) >= 11 is 1.25. The van der Waals surface area contributed by atoms with Crippen molar-refractivity contribution in [3.63, 3.8) is 0 Å². The lowest BCUT2D eigenvalue weighted by Crippen LogP contribution is -2.13. The number of primary amides is 1. The van der Waals surface area contributed by atoms with Crippen LogP contribution in [0.25, 0.3) is 11.3 Å². The predicted molar refractivity (Wildman–Crippen MR) is 65.5 cm³/mol. The van der Waals surface area contributed by atoms with Crippen molar-refractivity contribution < 1.29 is 18.0 Å². The molecular weight excluding hydrogens is 277 g/mol. The van der Waals surface area contributed by atoms with Crippen LogP contribution in [-0.4, -0.2) is 10.9 Å². The minimum absolute atomic E-state index is 0.0330. The van der Waals surface area contributed by atoms with Gasteiger partial charge in [-0.25, -0.2) is 4.98 Å². The molecule has 0 fully saturated rings. The summed E-state index contributed by atoms with van der Waals surface area (Å²) < 4.78 is 37.2. The quantitative estimate of drug-likeness (QED) is 0.943. The standard InChI is InChI=1S/C12H9F3N2OS/c13-12(14,15)8-3-1-7(2-4-8)9-6-19-11(17-9)5-10(16)18/h1-4,6H,5H2,(H2,16,18). The highest BCUT2D eigenvalue weighted by atomic mass is 32.1. The molecule has 1 aromatic carbocycles. The molecule has 0 saturated heterocycles. The number of nitrogens with two attached hydrogens (primary N) is 1. The third-order valence-corrected chi connectivity index (χ3v) is 3.23. The van der Waals surface area contributed by atoms with Crippen molar-refractivity contribution in [2.24, 2.45) is 5.73 Å². The maximum Gasteiger partial charge on any atom is 0.416 e. The number of thiazole rings is 1. The van der Waals surface area contributed by atoms with Gasteiger partial charge < -0.3 is 5.73 Å². The zero-order chi connectivity index (χ0) is 14.0. The number of halogens is 3. The summed E-state index contributed by atoms with van der Waals surface area (Å²) in [4.78, 5) is 14.9. The fraction of sp³-hybridized carbons (Fsp3) is 0.167. The van der Waals surface area contributed by atoms with E-state index in [1.165, 1.54) is 23.5 Å². The highest BCUT2D eigenvalue weighted by molar-refractivity contribution is 7.10. The van der Waals surface area contributed by atoms with E-state index in [4.69, 9.17) is 5.73 Å². The van der Waals surface area contributed by atoms with Gasteiger partial charge >= 0.3 is 6.18 Å². The summed E-state index contributed by atoms with van der Waals surface area (Å²) in [6, 6.07) is 4.71. The summed E-state index contributed by atoms with van der Waals surface area (Å²) in [6.45, 7) is 0. The van der Waals surface area contributed by atoms with Crippen molar-refractivity contribution in [3.05, 3.63) is 40.2 Å². The van der Waals surface area contributed by atoms with E-state index in [0.29, 0.717) is 16.3 Å². The summed E-state index contributed by atoms with van der Waals surface area (Å²) in [5.41, 5.74) is 5.44. The first-order valence-corrected chi connectivity index (χ1v) is 6.14. The molecule has 2 aromatic rings. The number of alkyl halides is 3. The van der Waals surface area contributed by atoms with Crippen LogP contribution in [0.1, 0.15) is 10.6 Å². The molecule has 0 bridgehead atoms. The van der Waals surface area contributed by atoms with Crippen LogP contribution >= 0.6 is 11.3 Å². The number of hydrogen-bond acceptors (Lipinski definition) is 3. The van der Waals surface area contributed by atoms with Crippen LogP contribution in [0.4, 0.5) is 13.2 Å². The molecule has 0 spiro atoms. The van der Waals surface area contributed by atoms with Crippen LogP contribution in [0, 0.1) is 0 Å². The van der Waals surface area contributed by atoms with E-state index in [9.17, 15) is 18.0 Å². The van der Waals surface area contributed by atoms with Gasteiger partial charge in [0.15, 0.2) is 0 Å². The monoisotopic (exact) mass is 286 g/mol. The Balaban J connectivity index is 2.23. The van der Waals surface area contributed by atoms with E-state index in [1.807, 2.05) is 0 Å². The summed E-state index contributed by atoms with van der Waals surface area (Å²) in [5, 5.41) is 2.23. The molecule has 0 aliphatic heterocycles. The van der Waals surface area contributed by atoms with Gasteiger partial charge in [0.2, 0.25) is 5.91 Å². The average Bonchev–Trinajstić information content (AvgIpc) is 2.75. The Morgan fingerprint density at radius 1 is 1.26 bits per heavy atom. The maximum absolute atomic E-state index is 12.4. The molecule has 1 heterocycles. The van der Waals surface area contributed by atoms with Gasteiger partial charge in [-0.3, -0.25) is 4.79 Å². The van der Waals surface area contributed by atoms with Gasteiger partial charge in [0.25, 0.3) is 0 Å². The Morgan fingerprint density at radius 3 is 2.42 bits per heavy atom. The molecule has 2 N–H and O–H groups in total. The van der Waals surface area contributed by atoms with E-state index < -0.39 is 17.6 Å². The van der Waals surface area contributed by atoms with Gasteiger partial charge in [-0.05, 0) is 12.1 Å². The number of benzene rings is 1. The van der Waals surface area contributed by atoms with E-state index in [0.717, 1.165) is 12.1 Å². The number of carbonyl (C=O) groups is 1. The fourth-order valence-electron chi connectivity index (χ4n) is 1.50. The topological polar surface area (TPSA) is 56.0 Å². The Morgan fingerprint density at radius 2 is 1.89 bits per heavy atom. The molecule has 0 unspecified atom stereocenters. The SMILES string of the molecule is NC(=O)Cc1nc(-c2ccc(C(F)(F)F)cc2)cs1. The summed E-state index contributed by atoms with van der Waals surface area (Å²) in [7, 11) is 0. The number of hydrogen-bond donors (Lipinski definition) is 1. The Kier molecular flexibility index (Phi) is 3.57. The molecule has 7 heteroatoms. The minimum atomic E-state index is -4.35. The third-order valence-electron chi connectivity index (χ3n) is 2.39. The van der Waals surface area contributed by atoms with Gasteiger partial charge in [-0.1, -0.05) is 12.1 Å². The number of nitrogens with zero attached hydrogens (tertiary/aromatic N) is 1. The van der Waals surface area contributed by atoms with Gasteiger partial charge in [0.05, 0.1) is 17.7 Å². The van der Waals surface area contributed by atoms with E-state index >= 15 is 0 Å². The van der Waals surface area contributed by atoms with Crippen LogP contribution in [-0.2, 0) is 17.4 Å². The van der Waals surface area contributed by atoms with Gasteiger partial charge in [-0.2, -0.15) is 13.2 Å². The number of rotatable bonds is 3. The fourth-order valence-corrected chi connectivity index (χ4v) is 2.32. The number of carbonyl (C=O) groups excluding carboxylic acids is 1. The van der Waals surface area contributed by atoms with Crippen LogP contribution in [0.15, 0.2) is 29.6 Å². The zero-order valence-corrected chi connectivity index (χ0v) is 10.4. The van der Waals surface area contributed by atoms with E-state index in [-0.39, 0.29) is 6.42 Å². The molecule has 19 heavy (non-hydrogen) atoms. The minimum Gasteiger partial charge on any atom is -0.369 e. The first-order chi connectivity index (χ1) is 8.86. The lowest BCUT2D eigenvalue weighted by atomic mass is 10.1. The van der Waals surface area contributed by atoms with Crippen LogP contribution < -0.4 is 5.73 Å². The van der Waals surface area contributed by atoms with Crippen molar-refractivity contribution in [3.8, 4) is 11.3 Å². The zero-order valence-electron chi connectivity index (χ0n) is 9.57.